The van der Waals surface area contributed by atoms with Crippen LogP contribution in [0.5, 0.6) is 11.5 Å². The number of nitrogens with zero attached hydrogens (tertiary/aromatic N) is 5. The molecule has 4 aromatic carbocycles. The van der Waals surface area contributed by atoms with Crippen LogP contribution in [0.2, 0.25) is 0 Å². The van der Waals surface area contributed by atoms with Crippen LogP contribution in [0.1, 0.15) is 105 Å². The van der Waals surface area contributed by atoms with Crippen LogP contribution in [0.25, 0.3) is 50.0 Å². The molecule has 4 heterocycles. The van der Waals surface area contributed by atoms with E-state index >= 15 is 0 Å². The fourth-order valence-corrected chi connectivity index (χ4v) is 7.57. The zero-order chi connectivity index (χ0) is 40.7. The zero-order valence-corrected chi connectivity index (χ0v) is 38.0. The van der Waals surface area contributed by atoms with Gasteiger partial charge < -0.3 is 18.9 Å². The summed E-state index contributed by atoms with van der Waals surface area (Å²) in [5.41, 5.74) is 10.5. The minimum absolute atomic E-state index is 0. The molecule has 0 saturated carbocycles. The minimum Gasteiger partial charge on any atom is -0.508 e. The summed E-state index contributed by atoms with van der Waals surface area (Å²) in [4.78, 5) is 9.58. The maximum absolute atomic E-state index is 6.72. The second kappa shape index (κ2) is 14.6. The first-order valence-electron chi connectivity index (χ1n) is 19.9. The minimum atomic E-state index is -0.200. The maximum atomic E-state index is 6.72. The third-order valence-corrected chi connectivity index (χ3v) is 10.9. The zero-order valence-electron chi connectivity index (χ0n) is 35.8. The van der Waals surface area contributed by atoms with Crippen LogP contribution in [0, 0.1) is 18.5 Å². The van der Waals surface area contributed by atoms with E-state index in [1.165, 1.54) is 16.7 Å². The van der Waals surface area contributed by atoms with Crippen molar-refractivity contribution in [1.82, 2.24) is 19.1 Å². The van der Waals surface area contributed by atoms with Crippen molar-refractivity contribution >= 4 is 32.8 Å². The number of para-hydroxylation sites is 3. The Bertz CT molecular complexity index is 2780. The molecular formula is C51H53N5OPt-2. The number of ether oxygens (including phenoxy) is 1. The predicted molar refractivity (Wildman–Crippen MR) is 233 cm³/mol. The monoisotopic (exact) mass is 946 g/mol. The molecule has 0 atom stereocenters. The largest absolute Gasteiger partial charge is 0.508 e. The first-order chi connectivity index (χ1) is 26.8. The Morgan fingerprint density at radius 3 is 1.91 bits per heavy atom. The van der Waals surface area contributed by atoms with Crippen molar-refractivity contribution in [1.29, 1.82) is 0 Å². The fraction of sp³-hybridized carbons (Fsp3) is 0.314. The third kappa shape index (κ3) is 7.64. The van der Waals surface area contributed by atoms with Gasteiger partial charge in [0.15, 0.2) is 0 Å². The summed E-state index contributed by atoms with van der Waals surface area (Å²) in [5.74, 6) is 1.92. The van der Waals surface area contributed by atoms with Crippen LogP contribution in [0.15, 0.2) is 104 Å². The van der Waals surface area contributed by atoms with Crippen LogP contribution in [-0.4, -0.2) is 19.1 Å². The van der Waals surface area contributed by atoms with E-state index in [4.69, 9.17) is 9.72 Å². The van der Waals surface area contributed by atoms with Gasteiger partial charge >= 0.3 is 0 Å². The summed E-state index contributed by atoms with van der Waals surface area (Å²) in [6, 6.07) is 37.5. The molecule has 0 bridgehead atoms. The summed E-state index contributed by atoms with van der Waals surface area (Å²) < 4.78 is 13.1. The van der Waals surface area contributed by atoms with E-state index in [0.717, 1.165) is 55.6 Å². The number of pyridine rings is 2. The average molecular weight is 947 g/mol. The SMILES string of the molecule is CC(C)(C)c1cc(-[n+]2[c-]n(-c3[c-]c(Oc4[c-]c5c(c(C(C)(C)C)c4)c4ccccc4n5-c4cc(C(C)(C)C)ccn4)cnc3)c3ccccc32)cc(C(C)(C)C)c1.[Pt]. The smallest absolute Gasteiger partial charge is 0.268 e. The van der Waals surface area contributed by atoms with Gasteiger partial charge in [0.2, 0.25) is 0 Å². The second-order valence-electron chi connectivity index (χ2n) is 19.4. The summed E-state index contributed by atoms with van der Waals surface area (Å²) >= 11 is 0. The molecule has 0 saturated heterocycles. The van der Waals surface area contributed by atoms with Gasteiger partial charge in [-0.1, -0.05) is 149 Å². The number of hydrogen-bond acceptors (Lipinski definition) is 3. The number of hydrogen-bond donors (Lipinski definition) is 0. The average Bonchev–Trinajstić information content (AvgIpc) is 3.69. The molecule has 0 amide bonds. The first kappa shape index (κ1) is 41.1. The molecule has 8 rings (SSSR count). The molecule has 0 fully saturated rings. The van der Waals surface area contributed by atoms with E-state index in [1.54, 1.807) is 6.20 Å². The first-order valence-corrected chi connectivity index (χ1v) is 19.9. The van der Waals surface area contributed by atoms with Gasteiger partial charge in [-0.2, -0.15) is 0 Å². The van der Waals surface area contributed by atoms with Crippen LogP contribution in [-0.2, 0) is 42.7 Å². The Morgan fingerprint density at radius 1 is 0.621 bits per heavy atom. The van der Waals surface area contributed by atoms with Crippen LogP contribution in [0.4, 0.5) is 0 Å². The second-order valence-corrected chi connectivity index (χ2v) is 19.4. The molecule has 0 aliphatic rings. The molecule has 0 unspecified atom stereocenters. The Balaban J connectivity index is 0.00000512. The normalized spacial score (nSPS) is 12.7. The Hall–Kier alpha value is -5.06. The molecule has 0 aliphatic carbocycles. The summed E-state index contributed by atoms with van der Waals surface area (Å²) in [7, 11) is 0. The van der Waals surface area contributed by atoms with Gasteiger partial charge in [-0.15, -0.1) is 23.8 Å². The van der Waals surface area contributed by atoms with Gasteiger partial charge in [0.25, 0.3) is 6.33 Å². The molecule has 4 aromatic heterocycles. The molecular weight excluding hydrogens is 894 g/mol. The quantitative estimate of drug-likeness (QED) is 0.128. The van der Waals surface area contributed by atoms with E-state index < -0.39 is 0 Å². The molecule has 6 nitrogen and oxygen atoms in total. The van der Waals surface area contributed by atoms with Crippen molar-refractivity contribution in [2.75, 3.05) is 0 Å². The van der Waals surface area contributed by atoms with E-state index in [-0.39, 0.29) is 42.7 Å². The Labute approximate surface area is 358 Å². The molecule has 58 heavy (non-hydrogen) atoms. The Morgan fingerprint density at radius 2 is 1.26 bits per heavy atom. The number of benzene rings is 4. The molecule has 0 spiro atoms. The predicted octanol–water partition coefficient (Wildman–Crippen LogP) is 12.2. The Kier molecular flexibility index (Phi) is 10.4. The van der Waals surface area contributed by atoms with Gasteiger partial charge in [-0.3, -0.25) is 4.57 Å². The van der Waals surface area contributed by atoms with Gasteiger partial charge in [0.1, 0.15) is 5.82 Å². The molecule has 0 N–H and O–H groups in total. The van der Waals surface area contributed by atoms with Crippen LogP contribution < -0.4 is 9.30 Å². The van der Waals surface area contributed by atoms with Crippen molar-refractivity contribution < 1.29 is 30.4 Å². The van der Waals surface area contributed by atoms with Gasteiger partial charge in [0, 0.05) is 44.3 Å². The summed E-state index contributed by atoms with van der Waals surface area (Å²) in [6.07, 6.45) is 9.10. The number of imidazole rings is 1. The number of fused-ring (bicyclic) bond motifs is 4. The third-order valence-electron chi connectivity index (χ3n) is 10.9. The van der Waals surface area contributed by atoms with E-state index in [1.807, 2.05) is 17.0 Å². The fourth-order valence-electron chi connectivity index (χ4n) is 7.57. The van der Waals surface area contributed by atoms with E-state index in [9.17, 15) is 0 Å². The van der Waals surface area contributed by atoms with Gasteiger partial charge in [0.05, 0.1) is 16.7 Å². The van der Waals surface area contributed by atoms with Gasteiger partial charge in [-0.25, -0.2) is 4.98 Å². The van der Waals surface area contributed by atoms with E-state index in [2.05, 4.69) is 201 Å². The van der Waals surface area contributed by atoms with Crippen LogP contribution in [0.3, 0.4) is 0 Å². The van der Waals surface area contributed by atoms with Crippen molar-refractivity contribution in [3.63, 3.8) is 0 Å². The molecule has 0 aliphatic heterocycles. The summed E-state index contributed by atoms with van der Waals surface area (Å²) in [5, 5.41) is 2.30. The molecule has 0 radical (unpaired) electrons. The number of aromatic nitrogens is 5. The molecule has 8 aromatic rings. The van der Waals surface area contributed by atoms with Gasteiger partial charge in [-0.05, 0) is 86.0 Å². The molecule has 7 heteroatoms. The van der Waals surface area contributed by atoms with Crippen molar-refractivity contribution in [2.45, 2.75) is 105 Å². The van der Waals surface area contributed by atoms with Crippen LogP contribution >= 0.6 is 0 Å². The standard InChI is InChI=1S/C51H53N5O.Pt/c1-48(2,3)33-21-22-53-46(26-33)56-42-18-14-13-17-40(42)47-41(51(10,11)12)28-38(29-45(47)56)57-39-27-37(30-52-31-39)55-32-54(43-19-15-16-20-44(43)55)36-24-34(49(4,5)6)23-35(25-36)50(7,8)9;/h13-26,28,30-31H,1-12H3;/q-2;. The van der Waals surface area contributed by atoms with E-state index in [0.29, 0.717) is 11.5 Å². The maximum Gasteiger partial charge on any atom is 0.268 e. The summed E-state index contributed by atoms with van der Waals surface area (Å²) in [6.45, 7) is 27.0. The van der Waals surface area contributed by atoms with Crippen molar-refractivity contribution in [3.05, 3.63) is 144 Å². The molecule has 300 valence electrons. The van der Waals surface area contributed by atoms with Crippen molar-refractivity contribution in [3.8, 4) is 28.7 Å². The number of rotatable bonds is 5. The topological polar surface area (TPSA) is 48.8 Å². The van der Waals surface area contributed by atoms with Crippen molar-refractivity contribution in [2.24, 2.45) is 0 Å².